The van der Waals surface area contributed by atoms with Gasteiger partial charge in [-0.05, 0) is 40.7 Å². The highest BCUT2D eigenvalue weighted by Crippen LogP contribution is 2.24. The zero-order chi connectivity index (χ0) is 14.0. The largest absolute Gasteiger partial charge is 0.341 e. The van der Waals surface area contributed by atoms with Crippen molar-refractivity contribution in [2.24, 2.45) is 0 Å². The second kappa shape index (κ2) is 5.33. The molecule has 19 heavy (non-hydrogen) atoms. The molecule has 1 fully saturated rings. The minimum Gasteiger partial charge on any atom is -0.341 e. The first kappa shape index (κ1) is 14.1. The van der Waals surface area contributed by atoms with E-state index < -0.39 is 0 Å². The lowest BCUT2D eigenvalue weighted by molar-refractivity contribution is -0.133. The van der Waals surface area contributed by atoms with Crippen LogP contribution in [0.2, 0.25) is 0 Å². The second-order valence-corrected chi connectivity index (χ2v) is 5.77. The smallest absolute Gasteiger partial charge is 0.245 e. The lowest BCUT2D eigenvalue weighted by Gasteiger charge is -2.29. The molecule has 1 atom stereocenters. The van der Waals surface area contributed by atoms with Gasteiger partial charge in [0.1, 0.15) is 6.04 Å². The maximum Gasteiger partial charge on any atom is 0.245 e. The molecule has 0 bridgehead atoms. The van der Waals surface area contributed by atoms with Crippen LogP contribution in [0, 0.1) is 0 Å². The summed E-state index contributed by atoms with van der Waals surface area (Å²) in [5.74, 6) is 0.198. The van der Waals surface area contributed by atoms with Gasteiger partial charge in [-0.2, -0.15) is 0 Å². The Hall–Kier alpha value is -1.36. The van der Waals surface area contributed by atoms with E-state index in [4.69, 9.17) is 0 Å². The van der Waals surface area contributed by atoms with Crippen LogP contribution in [0.25, 0.3) is 0 Å². The van der Waals surface area contributed by atoms with Gasteiger partial charge in [0.05, 0.1) is 23.8 Å². The highest BCUT2D eigenvalue weighted by atomic mass is 16.2. The van der Waals surface area contributed by atoms with E-state index in [1.807, 2.05) is 29.6 Å². The van der Waals surface area contributed by atoms with Crippen LogP contribution in [0.3, 0.4) is 0 Å². The minimum absolute atomic E-state index is 0.191. The molecule has 1 saturated heterocycles. The fraction of sp³-hybridized carbons (Fsp3) is 0.714. The summed E-state index contributed by atoms with van der Waals surface area (Å²) in [7, 11) is 1.92. The van der Waals surface area contributed by atoms with Gasteiger partial charge >= 0.3 is 0 Å². The second-order valence-electron chi connectivity index (χ2n) is 5.77. The fourth-order valence-corrected chi connectivity index (χ4v) is 2.55. The number of rotatable bonds is 4. The van der Waals surface area contributed by atoms with Crippen molar-refractivity contribution in [2.45, 2.75) is 45.2 Å². The van der Waals surface area contributed by atoms with Crippen molar-refractivity contribution in [1.29, 1.82) is 0 Å². The molecule has 0 radical (unpaired) electrons. The molecule has 1 aromatic heterocycles. The van der Waals surface area contributed by atoms with E-state index in [9.17, 15) is 4.79 Å². The van der Waals surface area contributed by atoms with Gasteiger partial charge in [-0.15, -0.1) is 0 Å². The number of imidazole rings is 1. The van der Waals surface area contributed by atoms with Crippen molar-refractivity contribution in [3.63, 3.8) is 0 Å². The maximum atomic E-state index is 12.5. The number of aromatic nitrogens is 2. The van der Waals surface area contributed by atoms with E-state index in [0.717, 1.165) is 31.6 Å². The van der Waals surface area contributed by atoms with Gasteiger partial charge in [0.2, 0.25) is 5.91 Å². The van der Waals surface area contributed by atoms with Crippen LogP contribution in [0.1, 0.15) is 45.3 Å². The summed E-state index contributed by atoms with van der Waals surface area (Å²) >= 11 is 0. The highest BCUT2D eigenvalue weighted by molar-refractivity contribution is 5.80. The summed E-state index contributed by atoms with van der Waals surface area (Å²) in [5, 5.41) is 3.26. The van der Waals surface area contributed by atoms with Crippen LogP contribution >= 0.6 is 0 Å². The average Bonchev–Trinajstić information content (AvgIpc) is 3.07. The van der Waals surface area contributed by atoms with Crippen molar-refractivity contribution in [2.75, 3.05) is 20.1 Å². The Kier molecular flexibility index (Phi) is 3.94. The van der Waals surface area contributed by atoms with E-state index in [-0.39, 0.29) is 17.5 Å². The summed E-state index contributed by atoms with van der Waals surface area (Å²) < 4.78 is 1.98. The van der Waals surface area contributed by atoms with E-state index in [2.05, 4.69) is 24.1 Å². The Morgan fingerprint density at radius 2 is 2.05 bits per heavy atom. The molecule has 5 nitrogen and oxygen atoms in total. The molecule has 1 aliphatic heterocycles. The van der Waals surface area contributed by atoms with E-state index >= 15 is 0 Å². The van der Waals surface area contributed by atoms with Crippen molar-refractivity contribution >= 4 is 5.91 Å². The number of hydrogen-bond acceptors (Lipinski definition) is 3. The molecule has 0 aliphatic carbocycles. The molecule has 0 aromatic carbocycles. The summed E-state index contributed by atoms with van der Waals surface area (Å²) in [4.78, 5) is 18.6. The van der Waals surface area contributed by atoms with E-state index in [1.165, 1.54) is 0 Å². The molecule has 1 unspecified atom stereocenters. The predicted octanol–water partition coefficient (Wildman–Crippen LogP) is 1.52. The molecular weight excluding hydrogens is 240 g/mol. The highest BCUT2D eigenvalue weighted by Gasteiger charge is 2.29. The predicted molar refractivity (Wildman–Crippen MR) is 74.8 cm³/mol. The number of amides is 1. The number of nitrogens with one attached hydrogen (secondary N) is 1. The summed E-state index contributed by atoms with van der Waals surface area (Å²) in [6, 6.07) is -0.191. The van der Waals surface area contributed by atoms with Gasteiger partial charge in [-0.25, -0.2) is 4.98 Å². The topological polar surface area (TPSA) is 50.2 Å². The normalized spacial score (nSPS) is 17.8. The molecule has 106 valence electrons. The lowest BCUT2D eigenvalue weighted by atomic mass is 10.0. The molecule has 1 N–H and O–H groups in total. The molecule has 2 rings (SSSR count). The lowest BCUT2D eigenvalue weighted by Crippen LogP contribution is -2.39. The molecule has 0 saturated carbocycles. The van der Waals surface area contributed by atoms with Crippen LogP contribution in [-0.4, -0.2) is 40.5 Å². The molecule has 1 aliphatic rings. The van der Waals surface area contributed by atoms with Gasteiger partial charge in [0.15, 0.2) is 0 Å². The molecule has 5 heteroatoms. The first-order chi connectivity index (χ1) is 8.97. The third-order valence-corrected chi connectivity index (χ3v) is 4.12. The van der Waals surface area contributed by atoms with Crippen molar-refractivity contribution in [1.82, 2.24) is 19.8 Å². The minimum atomic E-state index is -0.198. The van der Waals surface area contributed by atoms with Gasteiger partial charge in [-0.1, -0.05) is 0 Å². The number of carbonyl (C=O) groups is 1. The molecule has 1 aromatic rings. The molecule has 1 amide bonds. The standard InChI is InChI=1S/C14H24N4O/c1-11(13(19)17-7-5-6-8-17)18-10-16-9-12(18)14(2,3)15-4/h9-11,15H,5-8H2,1-4H3. The summed E-state index contributed by atoms with van der Waals surface area (Å²) in [5.41, 5.74) is 0.839. The third kappa shape index (κ3) is 2.66. The van der Waals surface area contributed by atoms with Crippen LogP contribution in [0.15, 0.2) is 12.5 Å². The van der Waals surface area contributed by atoms with E-state index in [0.29, 0.717) is 0 Å². The quantitative estimate of drug-likeness (QED) is 0.897. The number of carbonyl (C=O) groups excluding carboxylic acids is 1. The first-order valence-corrected chi connectivity index (χ1v) is 6.97. The van der Waals surface area contributed by atoms with Crippen molar-refractivity contribution in [3.05, 3.63) is 18.2 Å². The Labute approximate surface area is 115 Å². The fourth-order valence-electron chi connectivity index (χ4n) is 2.55. The molecule has 2 heterocycles. The van der Waals surface area contributed by atoms with Crippen molar-refractivity contribution < 1.29 is 4.79 Å². The summed E-state index contributed by atoms with van der Waals surface area (Å²) in [6.07, 6.45) is 5.84. The SMILES string of the molecule is CNC(C)(C)c1cncn1C(C)C(=O)N1CCCC1. The van der Waals surface area contributed by atoms with E-state index in [1.54, 1.807) is 6.33 Å². The zero-order valence-electron chi connectivity index (χ0n) is 12.3. The Bertz CT molecular complexity index is 446. The third-order valence-electron chi connectivity index (χ3n) is 4.12. The van der Waals surface area contributed by atoms with Gasteiger partial charge in [0.25, 0.3) is 0 Å². The zero-order valence-corrected chi connectivity index (χ0v) is 12.3. The Balaban J connectivity index is 2.22. The summed E-state index contributed by atoms with van der Waals surface area (Å²) in [6.45, 7) is 7.92. The Morgan fingerprint density at radius 1 is 1.42 bits per heavy atom. The molecular formula is C14H24N4O. The van der Waals surface area contributed by atoms with Crippen LogP contribution in [-0.2, 0) is 10.3 Å². The van der Waals surface area contributed by atoms with Gasteiger partial charge < -0.3 is 14.8 Å². The van der Waals surface area contributed by atoms with Crippen LogP contribution in [0.4, 0.5) is 0 Å². The first-order valence-electron chi connectivity index (χ1n) is 6.97. The molecule has 0 spiro atoms. The maximum absolute atomic E-state index is 12.5. The number of hydrogen-bond donors (Lipinski definition) is 1. The number of nitrogens with zero attached hydrogens (tertiary/aromatic N) is 3. The average molecular weight is 264 g/mol. The Morgan fingerprint density at radius 3 is 2.63 bits per heavy atom. The van der Waals surface area contributed by atoms with Gasteiger partial charge in [0, 0.05) is 13.1 Å². The number of likely N-dealkylation sites (tertiary alicyclic amines) is 1. The van der Waals surface area contributed by atoms with Crippen LogP contribution in [0.5, 0.6) is 0 Å². The van der Waals surface area contributed by atoms with Crippen molar-refractivity contribution in [3.8, 4) is 0 Å². The van der Waals surface area contributed by atoms with Crippen LogP contribution < -0.4 is 5.32 Å². The van der Waals surface area contributed by atoms with Gasteiger partial charge in [-0.3, -0.25) is 4.79 Å². The monoisotopic (exact) mass is 264 g/mol.